The van der Waals surface area contributed by atoms with Crippen LogP contribution in [0.5, 0.6) is 5.75 Å². The molecule has 2 heteroatoms. The summed E-state index contributed by atoms with van der Waals surface area (Å²) in [5, 5.41) is 1.27. The highest BCUT2D eigenvalue weighted by Crippen LogP contribution is 2.23. The van der Waals surface area contributed by atoms with Gasteiger partial charge in [0.15, 0.2) is 0 Å². The minimum absolute atomic E-state index is 0.601. The maximum absolute atomic E-state index is 5.91. The van der Waals surface area contributed by atoms with E-state index in [-0.39, 0.29) is 0 Å². The highest BCUT2D eigenvalue weighted by Gasteiger charge is 2.07. The Kier molecular flexibility index (Phi) is 3.23. The lowest BCUT2D eigenvalue weighted by atomic mass is 10.1. The van der Waals surface area contributed by atoms with E-state index in [0.29, 0.717) is 6.61 Å². The molecule has 0 fully saturated rings. The second-order valence-electron chi connectivity index (χ2n) is 5.39. The van der Waals surface area contributed by atoms with Crippen LogP contribution in [0.3, 0.4) is 0 Å². The number of nitrogens with zero attached hydrogens (tertiary/aromatic N) is 1. The minimum Gasteiger partial charge on any atom is -0.489 e. The topological polar surface area (TPSA) is 14.2 Å². The number of hydrogen-bond donors (Lipinski definition) is 0. The van der Waals surface area contributed by atoms with Gasteiger partial charge < -0.3 is 9.30 Å². The highest BCUT2D eigenvalue weighted by atomic mass is 16.5. The third-order valence-corrected chi connectivity index (χ3v) is 3.61. The Balaban J connectivity index is 1.88. The fraction of sp³-hybridized carbons (Fsp3) is 0.222. The van der Waals surface area contributed by atoms with Crippen LogP contribution in [0.15, 0.2) is 48.7 Å². The second kappa shape index (κ2) is 5.04. The molecule has 1 aromatic heterocycles. The van der Waals surface area contributed by atoms with E-state index in [1.165, 1.54) is 27.6 Å². The average molecular weight is 265 g/mol. The summed E-state index contributed by atoms with van der Waals surface area (Å²) in [5.41, 5.74) is 4.98. The normalized spacial score (nSPS) is 10.9. The molecule has 3 aromatic rings. The smallest absolute Gasteiger partial charge is 0.120 e. The van der Waals surface area contributed by atoms with E-state index in [2.05, 4.69) is 62.0 Å². The van der Waals surface area contributed by atoms with Gasteiger partial charge in [-0.25, -0.2) is 0 Å². The van der Waals surface area contributed by atoms with Crippen LogP contribution >= 0.6 is 0 Å². The predicted molar refractivity (Wildman–Crippen MR) is 83.2 cm³/mol. The average Bonchev–Trinajstić information content (AvgIpc) is 2.73. The van der Waals surface area contributed by atoms with Gasteiger partial charge in [-0.1, -0.05) is 24.3 Å². The van der Waals surface area contributed by atoms with Gasteiger partial charge in [0.1, 0.15) is 12.4 Å². The number of fused-ring (bicyclic) bond motifs is 1. The van der Waals surface area contributed by atoms with E-state index < -0.39 is 0 Å². The van der Waals surface area contributed by atoms with Crippen LogP contribution in [0.25, 0.3) is 10.9 Å². The van der Waals surface area contributed by atoms with E-state index in [1.54, 1.807) is 0 Å². The summed E-state index contributed by atoms with van der Waals surface area (Å²) < 4.78 is 8.08. The van der Waals surface area contributed by atoms with Crippen molar-refractivity contribution in [2.24, 2.45) is 7.05 Å². The Hall–Kier alpha value is -2.22. The predicted octanol–water partition coefficient (Wildman–Crippen LogP) is 4.37. The van der Waals surface area contributed by atoms with Gasteiger partial charge in [-0.15, -0.1) is 0 Å². The van der Waals surface area contributed by atoms with E-state index in [0.717, 1.165) is 5.75 Å². The lowest BCUT2D eigenvalue weighted by Gasteiger charge is -2.06. The fourth-order valence-electron chi connectivity index (χ4n) is 2.56. The zero-order chi connectivity index (χ0) is 14.1. The van der Waals surface area contributed by atoms with Crippen molar-refractivity contribution >= 4 is 10.9 Å². The summed E-state index contributed by atoms with van der Waals surface area (Å²) >= 11 is 0. The molecule has 3 rings (SSSR count). The largest absolute Gasteiger partial charge is 0.489 e. The van der Waals surface area contributed by atoms with Gasteiger partial charge in [0, 0.05) is 29.7 Å². The molecule has 0 saturated heterocycles. The molecule has 102 valence electrons. The first-order chi connectivity index (χ1) is 9.63. The Morgan fingerprint density at radius 1 is 1.00 bits per heavy atom. The molecule has 0 aliphatic carbocycles. The number of aryl methyl sites for hydroxylation is 3. The molecule has 0 bridgehead atoms. The number of ether oxygens (including phenoxy) is 1. The van der Waals surface area contributed by atoms with E-state index in [4.69, 9.17) is 4.74 Å². The maximum atomic E-state index is 5.91. The van der Waals surface area contributed by atoms with Crippen LogP contribution in [0.4, 0.5) is 0 Å². The first-order valence-corrected chi connectivity index (χ1v) is 6.87. The van der Waals surface area contributed by atoms with E-state index in [9.17, 15) is 0 Å². The van der Waals surface area contributed by atoms with Crippen molar-refractivity contribution in [2.45, 2.75) is 20.5 Å². The summed E-state index contributed by atoms with van der Waals surface area (Å²) in [7, 11) is 2.08. The minimum atomic E-state index is 0.601. The maximum Gasteiger partial charge on any atom is 0.120 e. The van der Waals surface area contributed by atoms with Crippen molar-refractivity contribution in [3.8, 4) is 5.75 Å². The van der Waals surface area contributed by atoms with Crippen molar-refractivity contribution in [1.82, 2.24) is 4.57 Å². The molecular formula is C18H19NO. The van der Waals surface area contributed by atoms with Crippen molar-refractivity contribution < 1.29 is 4.74 Å². The van der Waals surface area contributed by atoms with Crippen LogP contribution in [0.2, 0.25) is 0 Å². The lowest BCUT2D eigenvalue weighted by Crippen LogP contribution is -1.94. The summed E-state index contributed by atoms with van der Waals surface area (Å²) in [6.45, 7) is 4.80. The molecule has 2 nitrogen and oxygen atoms in total. The monoisotopic (exact) mass is 265 g/mol. The molecule has 1 heterocycles. The standard InChI is InChI=1S/C18H19NO/c1-13-5-4-6-16(9-13)20-12-15-11-19(3)18-10-14(2)7-8-17(15)18/h4-11H,12H2,1-3H3. The number of aromatic nitrogens is 1. The molecular weight excluding hydrogens is 246 g/mol. The molecule has 0 aliphatic rings. The Morgan fingerprint density at radius 2 is 1.80 bits per heavy atom. The van der Waals surface area contributed by atoms with E-state index in [1.807, 2.05) is 12.1 Å². The molecule has 0 radical (unpaired) electrons. The Labute approximate surface area is 119 Å². The molecule has 0 saturated carbocycles. The van der Waals surface area contributed by atoms with Gasteiger partial charge >= 0.3 is 0 Å². The SMILES string of the molecule is Cc1cccc(OCc2cn(C)c3cc(C)ccc23)c1. The van der Waals surface area contributed by atoms with Crippen molar-refractivity contribution in [3.63, 3.8) is 0 Å². The molecule has 0 amide bonds. The third kappa shape index (κ3) is 2.42. The first kappa shape index (κ1) is 12.8. The zero-order valence-electron chi connectivity index (χ0n) is 12.2. The lowest BCUT2D eigenvalue weighted by molar-refractivity contribution is 0.307. The van der Waals surface area contributed by atoms with Gasteiger partial charge in [-0.05, 0) is 43.2 Å². The van der Waals surface area contributed by atoms with Crippen LogP contribution in [0.1, 0.15) is 16.7 Å². The summed E-state index contributed by atoms with van der Waals surface area (Å²) in [5.74, 6) is 0.925. The van der Waals surface area contributed by atoms with Gasteiger partial charge in [0.05, 0.1) is 0 Å². The van der Waals surface area contributed by atoms with Crippen molar-refractivity contribution in [3.05, 3.63) is 65.4 Å². The molecule has 0 N–H and O–H groups in total. The highest BCUT2D eigenvalue weighted by molar-refractivity contribution is 5.84. The van der Waals surface area contributed by atoms with E-state index >= 15 is 0 Å². The quantitative estimate of drug-likeness (QED) is 0.685. The van der Waals surface area contributed by atoms with Gasteiger partial charge in [0.25, 0.3) is 0 Å². The van der Waals surface area contributed by atoms with Crippen molar-refractivity contribution in [1.29, 1.82) is 0 Å². The Morgan fingerprint density at radius 3 is 2.60 bits per heavy atom. The van der Waals surface area contributed by atoms with Gasteiger partial charge in [0.2, 0.25) is 0 Å². The van der Waals surface area contributed by atoms with Crippen LogP contribution in [-0.2, 0) is 13.7 Å². The molecule has 2 aromatic carbocycles. The molecule has 20 heavy (non-hydrogen) atoms. The second-order valence-corrected chi connectivity index (χ2v) is 5.39. The third-order valence-electron chi connectivity index (χ3n) is 3.61. The Bertz CT molecular complexity index is 755. The molecule has 0 atom stereocenters. The van der Waals surface area contributed by atoms with Crippen molar-refractivity contribution in [2.75, 3.05) is 0 Å². The fourth-order valence-corrected chi connectivity index (χ4v) is 2.56. The molecule has 0 spiro atoms. The zero-order valence-corrected chi connectivity index (χ0v) is 12.2. The van der Waals surface area contributed by atoms with Crippen LogP contribution in [-0.4, -0.2) is 4.57 Å². The van der Waals surface area contributed by atoms with Gasteiger partial charge in [-0.3, -0.25) is 0 Å². The number of benzene rings is 2. The molecule has 0 aliphatic heterocycles. The summed E-state index contributed by atoms with van der Waals surface area (Å²) in [6, 6.07) is 14.7. The number of hydrogen-bond acceptors (Lipinski definition) is 1. The summed E-state index contributed by atoms with van der Waals surface area (Å²) in [6.07, 6.45) is 2.15. The van der Waals surface area contributed by atoms with Gasteiger partial charge in [-0.2, -0.15) is 0 Å². The van der Waals surface area contributed by atoms with Crippen LogP contribution < -0.4 is 4.74 Å². The first-order valence-electron chi connectivity index (χ1n) is 6.87. The van der Waals surface area contributed by atoms with Crippen LogP contribution in [0, 0.1) is 13.8 Å². The molecule has 0 unspecified atom stereocenters. The summed E-state index contributed by atoms with van der Waals surface area (Å²) in [4.78, 5) is 0. The number of rotatable bonds is 3.